The van der Waals surface area contributed by atoms with Gasteiger partial charge in [0, 0.05) is 4.47 Å². The minimum absolute atomic E-state index is 0.0700. The Hall–Kier alpha value is -0.280. The fraction of sp³-hybridized carbons (Fsp3) is 0.375. The number of hydrogen-bond donors (Lipinski definition) is 0. The largest absolute Gasteiger partial charge is 0.407 e. The van der Waals surface area contributed by atoms with Crippen LogP contribution in [-0.2, 0) is 0 Å². The van der Waals surface area contributed by atoms with Crippen molar-refractivity contribution in [3.05, 3.63) is 19.8 Å². The van der Waals surface area contributed by atoms with Crippen LogP contribution in [0.4, 0.5) is 26.3 Å². The number of thiophene rings is 1. The molecule has 0 radical (unpaired) electrons. The number of ketones is 1. The highest BCUT2D eigenvalue weighted by Gasteiger charge is 2.61. The van der Waals surface area contributed by atoms with E-state index in [0.29, 0.717) is 11.3 Å². The summed E-state index contributed by atoms with van der Waals surface area (Å²) in [6.45, 7) is 0. The van der Waals surface area contributed by atoms with Crippen molar-refractivity contribution >= 4 is 44.7 Å². The summed E-state index contributed by atoms with van der Waals surface area (Å²) in [6, 6.07) is 0.833. The van der Waals surface area contributed by atoms with Crippen LogP contribution in [0.15, 0.2) is 10.5 Å². The summed E-state index contributed by atoms with van der Waals surface area (Å²) in [5, 5.41) is 0. The van der Waals surface area contributed by atoms with Crippen LogP contribution < -0.4 is 0 Å². The molecule has 0 aliphatic rings. The summed E-state index contributed by atoms with van der Waals surface area (Å²) in [7, 11) is 0. The van der Waals surface area contributed by atoms with E-state index in [0.717, 1.165) is 6.07 Å². The molecule has 0 amide bonds. The summed E-state index contributed by atoms with van der Waals surface area (Å²) in [5.41, 5.74) is 0. The number of Topliss-reactive ketones (excluding diaryl/α,β-unsaturated/α-hetero) is 1. The maximum absolute atomic E-state index is 12.3. The molecule has 0 fully saturated rings. The minimum atomic E-state index is -5.70. The van der Waals surface area contributed by atoms with Crippen molar-refractivity contribution in [2.24, 2.45) is 5.92 Å². The zero-order chi connectivity index (χ0) is 14.3. The first kappa shape index (κ1) is 15.8. The van der Waals surface area contributed by atoms with Gasteiger partial charge in [-0.2, -0.15) is 26.3 Å². The molecule has 10 heteroatoms. The number of halogens is 8. The molecule has 1 aromatic rings. The van der Waals surface area contributed by atoms with Gasteiger partial charge in [-0.1, -0.05) is 11.6 Å². The smallest absolute Gasteiger partial charge is 0.292 e. The third-order valence-electron chi connectivity index (χ3n) is 1.80. The Morgan fingerprint density at radius 1 is 1.22 bits per heavy atom. The molecule has 0 aliphatic carbocycles. The van der Waals surface area contributed by atoms with Crippen LogP contribution in [0.25, 0.3) is 0 Å². The molecule has 1 nitrogen and oxygen atoms in total. The highest BCUT2D eigenvalue weighted by molar-refractivity contribution is 9.10. The fourth-order valence-corrected chi connectivity index (χ4v) is 2.77. The molecule has 0 bridgehead atoms. The van der Waals surface area contributed by atoms with E-state index in [1.54, 1.807) is 0 Å². The second-order valence-corrected chi connectivity index (χ2v) is 5.62. The van der Waals surface area contributed by atoms with Crippen LogP contribution in [0.1, 0.15) is 9.67 Å². The van der Waals surface area contributed by atoms with Crippen molar-refractivity contribution in [3.63, 3.8) is 0 Å². The van der Waals surface area contributed by atoms with E-state index in [4.69, 9.17) is 11.6 Å². The van der Waals surface area contributed by atoms with Crippen molar-refractivity contribution in [3.8, 4) is 0 Å². The summed E-state index contributed by atoms with van der Waals surface area (Å²) in [4.78, 5) is 10.6. The molecule has 0 atom stereocenters. The van der Waals surface area contributed by atoms with Crippen LogP contribution in [0.3, 0.4) is 0 Å². The summed E-state index contributed by atoms with van der Waals surface area (Å²) in [6.07, 6.45) is -11.4. The molecule has 0 aliphatic heterocycles. The maximum atomic E-state index is 12.3. The van der Waals surface area contributed by atoms with E-state index in [1.807, 2.05) is 0 Å². The fourth-order valence-electron chi connectivity index (χ4n) is 1.09. The van der Waals surface area contributed by atoms with E-state index in [-0.39, 0.29) is 8.81 Å². The lowest BCUT2D eigenvalue weighted by molar-refractivity contribution is -0.264. The van der Waals surface area contributed by atoms with Crippen LogP contribution >= 0.6 is 38.9 Å². The molecule has 0 unspecified atom stereocenters. The standard InChI is InChI=1S/C8H2BrClF6OS/c9-2-1-3(18-6(2)10)4(17)5(7(11,12)13)8(14,15)16/h1,5H. The molecule has 18 heavy (non-hydrogen) atoms. The number of rotatable bonds is 2. The normalized spacial score (nSPS) is 13.2. The van der Waals surface area contributed by atoms with E-state index in [1.165, 1.54) is 0 Å². The van der Waals surface area contributed by atoms with Gasteiger partial charge >= 0.3 is 12.4 Å². The Balaban J connectivity index is 3.20. The predicted octanol–water partition coefficient (Wildman–Crippen LogP) is 5.09. The average molecular weight is 376 g/mol. The molecule has 0 saturated carbocycles. The third kappa shape index (κ3) is 3.39. The first-order chi connectivity index (χ1) is 7.94. The molecule has 1 aromatic heterocycles. The summed E-state index contributed by atoms with van der Waals surface area (Å²) >= 11 is 8.61. The lowest BCUT2D eigenvalue weighted by Crippen LogP contribution is -2.42. The molecule has 1 heterocycles. The van der Waals surface area contributed by atoms with Crippen molar-refractivity contribution in [1.82, 2.24) is 0 Å². The first-order valence-corrected chi connectivity index (χ1v) is 6.06. The Morgan fingerprint density at radius 2 is 1.67 bits per heavy atom. The van der Waals surface area contributed by atoms with Gasteiger partial charge in [0.1, 0.15) is 4.34 Å². The highest BCUT2D eigenvalue weighted by Crippen LogP contribution is 2.43. The lowest BCUT2D eigenvalue weighted by Gasteiger charge is -2.20. The zero-order valence-corrected chi connectivity index (χ0v) is 11.2. The van der Waals surface area contributed by atoms with E-state index < -0.39 is 28.9 Å². The number of carbonyl (C=O) groups is 1. The maximum Gasteiger partial charge on any atom is 0.407 e. The van der Waals surface area contributed by atoms with E-state index in [9.17, 15) is 31.1 Å². The highest BCUT2D eigenvalue weighted by atomic mass is 79.9. The first-order valence-electron chi connectivity index (χ1n) is 4.07. The van der Waals surface area contributed by atoms with Gasteiger partial charge in [0.2, 0.25) is 5.92 Å². The molecular weight excluding hydrogens is 373 g/mol. The van der Waals surface area contributed by atoms with Gasteiger partial charge in [-0.05, 0) is 22.0 Å². The molecule has 102 valence electrons. The monoisotopic (exact) mass is 374 g/mol. The van der Waals surface area contributed by atoms with Crippen LogP contribution in [-0.4, -0.2) is 18.1 Å². The van der Waals surface area contributed by atoms with Crippen molar-refractivity contribution in [1.29, 1.82) is 0 Å². The van der Waals surface area contributed by atoms with Gasteiger partial charge in [0.25, 0.3) is 0 Å². The number of hydrogen-bond acceptors (Lipinski definition) is 2. The second-order valence-electron chi connectivity index (χ2n) is 3.11. The van der Waals surface area contributed by atoms with E-state index >= 15 is 0 Å². The van der Waals surface area contributed by atoms with Gasteiger partial charge in [0.05, 0.1) is 4.88 Å². The SMILES string of the molecule is O=C(c1cc(Br)c(Cl)s1)C(C(F)(F)F)C(F)(F)F. The third-order valence-corrected chi connectivity index (χ3v) is 4.29. The lowest BCUT2D eigenvalue weighted by atomic mass is 10.0. The Labute approximate surface area is 114 Å². The van der Waals surface area contributed by atoms with Gasteiger partial charge < -0.3 is 0 Å². The Kier molecular flexibility index (Phi) is 4.39. The second kappa shape index (κ2) is 5.01. The van der Waals surface area contributed by atoms with Gasteiger partial charge in [-0.25, -0.2) is 0 Å². The molecule has 1 rings (SSSR count). The Bertz CT molecular complexity index is 432. The Morgan fingerprint density at radius 3 is 1.94 bits per heavy atom. The summed E-state index contributed by atoms with van der Waals surface area (Å²) in [5.74, 6) is -6.10. The van der Waals surface area contributed by atoms with Crippen LogP contribution in [0, 0.1) is 5.92 Å². The van der Waals surface area contributed by atoms with E-state index in [2.05, 4.69) is 15.9 Å². The number of carbonyl (C=O) groups excluding carboxylic acids is 1. The quantitative estimate of drug-likeness (QED) is 0.520. The van der Waals surface area contributed by atoms with Gasteiger partial charge in [-0.15, -0.1) is 11.3 Å². The van der Waals surface area contributed by atoms with Gasteiger partial charge in [-0.3, -0.25) is 4.79 Å². The van der Waals surface area contributed by atoms with Crippen molar-refractivity contribution in [2.45, 2.75) is 12.4 Å². The molecule has 0 aromatic carbocycles. The number of alkyl halides is 6. The van der Waals surface area contributed by atoms with Crippen LogP contribution in [0.2, 0.25) is 4.34 Å². The van der Waals surface area contributed by atoms with Crippen LogP contribution in [0.5, 0.6) is 0 Å². The topological polar surface area (TPSA) is 17.1 Å². The summed E-state index contributed by atoms with van der Waals surface area (Å²) < 4.78 is 73.6. The van der Waals surface area contributed by atoms with Crippen molar-refractivity contribution < 1.29 is 31.1 Å². The molecular formula is C8H2BrClF6OS. The molecule has 0 saturated heterocycles. The minimum Gasteiger partial charge on any atom is -0.292 e. The van der Waals surface area contributed by atoms with Crippen molar-refractivity contribution in [2.75, 3.05) is 0 Å². The zero-order valence-electron chi connectivity index (χ0n) is 7.99. The average Bonchev–Trinajstić information content (AvgIpc) is 2.41. The molecule has 0 spiro atoms. The predicted molar refractivity (Wildman–Crippen MR) is 57.0 cm³/mol. The molecule has 0 N–H and O–H groups in total. The van der Waals surface area contributed by atoms with Gasteiger partial charge in [0.15, 0.2) is 5.78 Å².